The number of rotatable bonds is 8. The highest BCUT2D eigenvalue weighted by molar-refractivity contribution is 5.86. The average Bonchev–Trinajstić information content (AvgIpc) is 3.38. The van der Waals surface area contributed by atoms with E-state index in [4.69, 9.17) is 9.47 Å². The van der Waals surface area contributed by atoms with Crippen molar-refractivity contribution in [2.75, 3.05) is 19.8 Å². The summed E-state index contributed by atoms with van der Waals surface area (Å²) in [6, 6.07) is 8.27. The van der Waals surface area contributed by atoms with E-state index in [1.807, 2.05) is 31.2 Å². The number of hydrogen-bond donors (Lipinski definition) is 0. The first-order valence-corrected chi connectivity index (χ1v) is 8.54. The number of nitrogens with zero attached hydrogens (tertiary/aromatic N) is 3. The summed E-state index contributed by atoms with van der Waals surface area (Å²) < 4.78 is 12.2. The summed E-state index contributed by atoms with van der Waals surface area (Å²) in [5.41, 5.74) is 2.11. The maximum absolute atomic E-state index is 12.5. The highest BCUT2D eigenvalue weighted by Crippen LogP contribution is 2.32. The third kappa shape index (κ3) is 3.82. The maximum atomic E-state index is 12.5. The van der Waals surface area contributed by atoms with E-state index >= 15 is 0 Å². The van der Waals surface area contributed by atoms with Crippen LogP contribution in [0.5, 0.6) is 6.01 Å². The molecule has 24 heavy (non-hydrogen) atoms. The normalized spacial score (nSPS) is 13.9. The van der Waals surface area contributed by atoms with Crippen molar-refractivity contribution in [3.8, 4) is 17.4 Å². The average molecular weight is 329 g/mol. The topological polar surface area (TPSA) is 66.2 Å². The lowest BCUT2D eigenvalue weighted by Gasteiger charge is -2.04. The Balaban J connectivity index is 1.83. The zero-order valence-electron chi connectivity index (χ0n) is 14.2. The number of ether oxygens (including phenoxy) is 2. The highest BCUT2D eigenvalue weighted by atomic mass is 16.5. The molecule has 1 fully saturated rings. The molecule has 0 aliphatic heterocycles. The molecule has 3 rings (SSSR count). The highest BCUT2D eigenvalue weighted by Gasteiger charge is 2.33. The van der Waals surface area contributed by atoms with Crippen molar-refractivity contribution >= 4 is 5.91 Å². The first-order valence-electron chi connectivity index (χ1n) is 8.54. The van der Waals surface area contributed by atoms with Crippen LogP contribution in [0.2, 0.25) is 0 Å². The largest absolute Gasteiger partial charge is 0.460 e. The van der Waals surface area contributed by atoms with E-state index in [1.165, 1.54) is 10.2 Å². The van der Waals surface area contributed by atoms with Crippen molar-refractivity contribution < 1.29 is 14.3 Å². The Morgan fingerprint density at radius 3 is 2.58 bits per heavy atom. The van der Waals surface area contributed by atoms with Crippen LogP contribution in [-0.4, -0.2) is 40.5 Å². The van der Waals surface area contributed by atoms with Crippen LogP contribution in [-0.2, 0) is 11.2 Å². The van der Waals surface area contributed by atoms with Gasteiger partial charge in [0.15, 0.2) is 5.82 Å². The second-order valence-corrected chi connectivity index (χ2v) is 5.84. The van der Waals surface area contributed by atoms with Crippen LogP contribution in [0.3, 0.4) is 0 Å². The lowest BCUT2D eigenvalue weighted by atomic mass is 10.1. The number of aryl methyl sites for hydroxylation is 1. The third-order valence-corrected chi connectivity index (χ3v) is 4.01. The first-order chi connectivity index (χ1) is 11.7. The van der Waals surface area contributed by atoms with Gasteiger partial charge >= 0.3 is 6.01 Å². The van der Waals surface area contributed by atoms with Gasteiger partial charge < -0.3 is 9.47 Å². The van der Waals surface area contributed by atoms with Gasteiger partial charge in [0.05, 0.1) is 6.61 Å². The minimum Gasteiger partial charge on any atom is -0.460 e. The number of carbonyl (C=O) groups is 1. The maximum Gasteiger partial charge on any atom is 0.336 e. The molecule has 0 amide bonds. The van der Waals surface area contributed by atoms with Crippen molar-refractivity contribution in [3.63, 3.8) is 0 Å². The summed E-state index contributed by atoms with van der Waals surface area (Å²) in [6.07, 6.45) is 2.82. The van der Waals surface area contributed by atoms with E-state index < -0.39 is 0 Å². The fourth-order valence-electron chi connectivity index (χ4n) is 2.42. The molecule has 128 valence electrons. The van der Waals surface area contributed by atoms with Crippen molar-refractivity contribution in [1.82, 2.24) is 14.8 Å². The molecule has 0 saturated heterocycles. The summed E-state index contributed by atoms with van der Waals surface area (Å²) in [5, 5.41) is 4.27. The van der Waals surface area contributed by atoms with Gasteiger partial charge in [-0.3, -0.25) is 4.79 Å². The molecule has 1 heterocycles. The van der Waals surface area contributed by atoms with Crippen molar-refractivity contribution in [3.05, 3.63) is 29.8 Å². The summed E-state index contributed by atoms with van der Waals surface area (Å²) in [6.45, 7) is 5.52. The van der Waals surface area contributed by atoms with Gasteiger partial charge in [-0.25, -0.2) is 0 Å². The van der Waals surface area contributed by atoms with Gasteiger partial charge in [0, 0.05) is 18.1 Å². The molecule has 1 aromatic carbocycles. The molecule has 1 aromatic heterocycles. The van der Waals surface area contributed by atoms with Gasteiger partial charge in [0.25, 0.3) is 5.91 Å². The number of aromatic nitrogens is 3. The minimum absolute atomic E-state index is 0.00303. The Bertz CT molecular complexity index is 690. The predicted octanol–water partition coefficient (Wildman–Crippen LogP) is 2.97. The monoisotopic (exact) mass is 329 g/mol. The van der Waals surface area contributed by atoms with E-state index in [-0.39, 0.29) is 17.8 Å². The second kappa shape index (κ2) is 7.57. The summed E-state index contributed by atoms with van der Waals surface area (Å²) in [4.78, 5) is 16.9. The quantitative estimate of drug-likeness (QED) is 0.697. The van der Waals surface area contributed by atoms with Crippen molar-refractivity contribution in [2.24, 2.45) is 5.92 Å². The molecule has 6 heteroatoms. The Morgan fingerprint density at radius 2 is 1.96 bits per heavy atom. The summed E-state index contributed by atoms with van der Waals surface area (Å²) >= 11 is 0. The van der Waals surface area contributed by atoms with Crippen LogP contribution < -0.4 is 4.74 Å². The molecule has 0 spiro atoms. The van der Waals surface area contributed by atoms with Gasteiger partial charge in [-0.1, -0.05) is 31.2 Å². The van der Waals surface area contributed by atoms with Gasteiger partial charge in [-0.15, -0.1) is 5.10 Å². The molecule has 2 aromatic rings. The van der Waals surface area contributed by atoms with Crippen molar-refractivity contribution in [1.29, 1.82) is 0 Å². The van der Waals surface area contributed by atoms with Gasteiger partial charge in [-0.05, 0) is 31.7 Å². The SMILES string of the molecule is CCOCCOc1nc(-c2ccc(CC)cc2)n(C(=O)C2CC2)n1. The standard InChI is InChI=1S/C18H23N3O3/c1-3-13-5-7-14(8-6-13)16-19-18(24-12-11-23-4-2)20-21(16)17(22)15-9-10-15/h5-8,15H,3-4,9-12H2,1-2H3. The summed E-state index contributed by atoms with van der Waals surface area (Å²) in [7, 11) is 0. The van der Waals surface area contributed by atoms with Crippen molar-refractivity contribution in [2.45, 2.75) is 33.1 Å². The van der Waals surface area contributed by atoms with E-state index in [0.717, 1.165) is 24.8 Å². The zero-order valence-corrected chi connectivity index (χ0v) is 14.2. The Morgan fingerprint density at radius 1 is 1.21 bits per heavy atom. The number of hydrogen-bond acceptors (Lipinski definition) is 5. The van der Waals surface area contributed by atoms with Crippen LogP contribution in [0.4, 0.5) is 0 Å². The van der Waals surface area contributed by atoms with E-state index in [2.05, 4.69) is 17.0 Å². The molecule has 0 atom stereocenters. The molecule has 1 aliphatic carbocycles. The molecule has 0 radical (unpaired) electrons. The smallest absolute Gasteiger partial charge is 0.336 e. The van der Waals surface area contributed by atoms with Crippen LogP contribution in [0, 0.1) is 5.92 Å². The Hall–Kier alpha value is -2.21. The van der Waals surface area contributed by atoms with Gasteiger partial charge in [0.2, 0.25) is 0 Å². The minimum atomic E-state index is -0.00303. The van der Waals surface area contributed by atoms with Gasteiger partial charge in [0.1, 0.15) is 6.61 Å². The second-order valence-electron chi connectivity index (χ2n) is 5.84. The Labute approximate surface area is 141 Å². The molecular formula is C18H23N3O3. The van der Waals surface area contributed by atoms with E-state index in [0.29, 0.717) is 25.6 Å². The molecule has 0 unspecified atom stereocenters. The lowest BCUT2D eigenvalue weighted by molar-refractivity contribution is 0.0865. The first kappa shape index (κ1) is 16.6. The molecule has 0 N–H and O–H groups in total. The third-order valence-electron chi connectivity index (χ3n) is 4.01. The van der Waals surface area contributed by atoms with Crippen LogP contribution in [0.15, 0.2) is 24.3 Å². The van der Waals surface area contributed by atoms with Gasteiger partial charge in [-0.2, -0.15) is 9.67 Å². The fraction of sp³-hybridized carbons (Fsp3) is 0.500. The van der Waals surface area contributed by atoms with E-state index in [9.17, 15) is 4.79 Å². The molecular weight excluding hydrogens is 306 g/mol. The van der Waals surface area contributed by atoms with Crippen LogP contribution >= 0.6 is 0 Å². The molecule has 1 saturated carbocycles. The predicted molar refractivity (Wildman–Crippen MR) is 90.2 cm³/mol. The molecule has 0 bridgehead atoms. The summed E-state index contributed by atoms with van der Waals surface area (Å²) in [5.74, 6) is 0.606. The number of carbonyl (C=O) groups excluding carboxylic acids is 1. The van der Waals surface area contributed by atoms with E-state index in [1.54, 1.807) is 0 Å². The lowest BCUT2D eigenvalue weighted by Crippen LogP contribution is -2.16. The Kier molecular flexibility index (Phi) is 5.25. The number of benzene rings is 1. The molecule has 1 aliphatic rings. The van der Waals surface area contributed by atoms with Crippen LogP contribution in [0.1, 0.15) is 37.0 Å². The van der Waals surface area contributed by atoms with Crippen LogP contribution in [0.25, 0.3) is 11.4 Å². The molecule has 6 nitrogen and oxygen atoms in total. The zero-order chi connectivity index (χ0) is 16.9. The fourth-order valence-corrected chi connectivity index (χ4v) is 2.42.